The Morgan fingerprint density at radius 2 is 1.80 bits per heavy atom. The molecule has 4 N–H and O–H groups in total. The van der Waals surface area contributed by atoms with Gasteiger partial charge in [-0.25, -0.2) is 4.79 Å². The van der Waals surface area contributed by atoms with Crippen LogP contribution in [-0.4, -0.2) is 36.3 Å². The molecular weight excluding hydrogens is 326 g/mol. The van der Waals surface area contributed by atoms with Crippen molar-refractivity contribution in [2.24, 2.45) is 11.7 Å². The van der Waals surface area contributed by atoms with E-state index in [1.807, 2.05) is 32.0 Å². The first-order chi connectivity index (χ1) is 11.8. The van der Waals surface area contributed by atoms with Crippen molar-refractivity contribution >= 4 is 24.2 Å². The minimum absolute atomic E-state index is 0.0565. The van der Waals surface area contributed by atoms with Gasteiger partial charge in [0.1, 0.15) is 12.6 Å². The fourth-order valence-electron chi connectivity index (χ4n) is 2.04. The Bertz CT molecular complexity index is 604. The van der Waals surface area contributed by atoms with E-state index in [0.29, 0.717) is 6.42 Å². The summed E-state index contributed by atoms with van der Waals surface area (Å²) in [5.41, 5.74) is 5.82. The fourth-order valence-corrected chi connectivity index (χ4v) is 2.04. The summed E-state index contributed by atoms with van der Waals surface area (Å²) >= 11 is 0. The van der Waals surface area contributed by atoms with E-state index in [4.69, 9.17) is 10.5 Å². The number of amides is 3. The van der Waals surface area contributed by atoms with Gasteiger partial charge in [-0.3, -0.25) is 9.59 Å². The normalized spacial score (nSPS) is 12.8. The maximum Gasteiger partial charge on any atom is 0.408 e. The minimum atomic E-state index is -1.44. The Morgan fingerprint density at radius 1 is 1.16 bits per heavy atom. The quantitative estimate of drug-likeness (QED) is 0.442. The molecule has 0 bridgehead atoms. The standard InChI is InChI=1S/C17H23N3O5/c1-11(2)8-13(16(23)19-14(9-21)15(18)22)20-17(24)25-10-12-6-4-3-5-7-12/h3-7,9,11,13-14H,8,10H2,1-2H3,(H2,18,22)(H,19,23)(H,20,24)/t13-,14?/m0/s1. The number of nitrogens with one attached hydrogen (secondary N) is 2. The maximum absolute atomic E-state index is 12.2. The molecule has 136 valence electrons. The Hall–Kier alpha value is -2.90. The van der Waals surface area contributed by atoms with Crippen LogP contribution in [0.5, 0.6) is 0 Å². The summed E-state index contributed by atoms with van der Waals surface area (Å²) in [6.07, 6.45) is -0.233. The number of nitrogens with two attached hydrogens (primary N) is 1. The molecule has 0 saturated heterocycles. The number of benzene rings is 1. The van der Waals surface area contributed by atoms with Gasteiger partial charge in [0.15, 0.2) is 12.3 Å². The zero-order valence-corrected chi connectivity index (χ0v) is 14.2. The molecule has 0 saturated carbocycles. The lowest BCUT2D eigenvalue weighted by Crippen LogP contribution is -2.53. The second-order valence-corrected chi connectivity index (χ2v) is 5.91. The van der Waals surface area contributed by atoms with Crippen molar-refractivity contribution in [3.63, 3.8) is 0 Å². The first-order valence-corrected chi connectivity index (χ1v) is 7.85. The molecule has 0 aliphatic heterocycles. The number of carbonyl (C=O) groups is 4. The van der Waals surface area contributed by atoms with E-state index < -0.39 is 30.0 Å². The predicted molar refractivity (Wildman–Crippen MR) is 90.2 cm³/mol. The molecule has 0 radical (unpaired) electrons. The summed E-state index contributed by atoms with van der Waals surface area (Å²) in [7, 11) is 0. The lowest BCUT2D eigenvalue weighted by atomic mass is 10.0. The topological polar surface area (TPSA) is 128 Å². The Labute approximate surface area is 146 Å². The van der Waals surface area contributed by atoms with Gasteiger partial charge >= 0.3 is 6.09 Å². The van der Waals surface area contributed by atoms with Crippen molar-refractivity contribution in [2.75, 3.05) is 0 Å². The minimum Gasteiger partial charge on any atom is -0.445 e. The van der Waals surface area contributed by atoms with Crippen LogP contribution in [0.15, 0.2) is 30.3 Å². The van der Waals surface area contributed by atoms with E-state index in [0.717, 1.165) is 5.56 Å². The van der Waals surface area contributed by atoms with E-state index in [2.05, 4.69) is 10.6 Å². The molecule has 0 heterocycles. The lowest BCUT2D eigenvalue weighted by molar-refractivity contribution is -0.131. The smallest absolute Gasteiger partial charge is 0.408 e. The second kappa shape index (κ2) is 10.1. The van der Waals surface area contributed by atoms with Crippen molar-refractivity contribution in [1.29, 1.82) is 0 Å². The van der Waals surface area contributed by atoms with Crippen LogP contribution in [-0.2, 0) is 25.7 Å². The SMILES string of the molecule is CC(C)C[C@H](NC(=O)OCc1ccccc1)C(=O)NC(C=O)C(N)=O. The maximum atomic E-state index is 12.2. The highest BCUT2D eigenvalue weighted by molar-refractivity contribution is 5.99. The van der Waals surface area contributed by atoms with Crippen LogP contribution in [0.1, 0.15) is 25.8 Å². The third kappa shape index (κ3) is 7.47. The first-order valence-electron chi connectivity index (χ1n) is 7.85. The zero-order valence-electron chi connectivity index (χ0n) is 14.2. The van der Waals surface area contributed by atoms with Gasteiger partial charge in [0.2, 0.25) is 11.8 Å². The summed E-state index contributed by atoms with van der Waals surface area (Å²) in [6.45, 7) is 3.78. The van der Waals surface area contributed by atoms with Crippen molar-refractivity contribution in [3.05, 3.63) is 35.9 Å². The van der Waals surface area contributed by atoms with E-state index in [-0.39, 0.29) is 18.8 Å². The molecule has 0 aromatic heterocycles. The molecule has 25 heavy (non-hydrogen) atoms. The molecule has 0 fully saturated rings. The van der Waals surface area contributed by atoms with Crippen molar-refractivity contribution in [2.45, 2.75) is 39.0 Å². The van der Waals surface area contributed by atoms with E-state index in [1.54, 1.807) is 12.1 Å². The molecule has 8 nitrogen and oxygen atoms in total. The Balaban J connectivity index is 2.64. The van der Waals surface area contributed by atoms with Gasteiger partial charge in [0.05, 0.1) is 0 Å². The summed E-state index contributed by atoms with van der Waals surface area (Å²) in [5, 5.41) is 4.64. The third-order valence-corrected chi connectivity index (χ3v) is 3.27. The van der Waals surface area contributed by atoms with Crippen LogP contribution < -0.4 is 16.4 Å². The largest absolute Gasteiger partial charge is 0.445 e. The monoisotopic (exact) mass is 349 g/mol. The molecule has 1 aromatic rings. The van der Waals surface area contributed by atoms with Crippen molar-refractivity contribution in [1.82, 2.24) is 10.6 Å². The van der Waals surface area contributed by atoms with E-state index >= 15 is 0 Å². The van der Waals surface area contributed by atoms with E-state index in [9.17, 15) is 19.2 Å². The fraction of sp³-hybridized carbons (Fsp3) is 0.412. The number of rotatable bonds is 9. The summed E-state index contributed by atoms with van der Waals surface area (Å²) < 4.78 is 5.08. The molecule has 8 heteroatoms. The molecule has 0 aliphatic carbocycles. The van der Waals surface area contributed by atoms with Gasteiger partial charge in [-0.2, -0.15) is 0 Å². The third-order valence-electron chi connectivity index (χ3n) is 3.27. The number of alkyl carbamates (subject to hydrolysis) is 1. The summed E-state index contributed by atoms with van der Waals surface area (Å²) in [4.78, 5) is 46.0. The highest BCUT2D eigenvalue weighted by Crippen LogP contribution is 2.07. The van der Waals surface area contributed by atoms with Gasteiger partial charge in [0, 0.05) is 0 Å². The number of carbonyl (C=O) groups excluding carboxylic acids is 4. The van der Waals surface area contributed by atoms with Crippen LogP contribution in [0.25, 0.3) is 0 Å². The molecular formula is C17H23N3O5. The van der Waals surface area contributed by atoms with Crippen LogP contribution in [0.2, 0.25) is 0 Å². The van der Waals surface area contributed by atoms with E-state index in [1.165, 1.54) is 0 Å². The molecule has 3 amide bonds. The molecule has 0 spiro atoms. The van der Waals surface area contributed by atoms with Crippen LogP contribution in [0, 0.1) is 5.92 Å². The van der Waals surface area contributed by atoms with Crippen LogP contribution in [0.4, 0.5) is 4.79 Å². The lowest BCUT2D eigenvalue weighted by Gasteiger charge is -2.21. The second-order valence-electron chi connectivity index (χ2n) is 5.91. The van der Waals surface area contributed by atoms with Gasteiger partial charge in [0.25, 0.3) is 0 Å². The Morgan fingerprint density at radius 3 is 2.32 bits per heavy atom. The average molecular weight is 349 g/mol. The number of hydrogen-bond donors (Lipinski definition) is 3. The summed E-state index contributed by atoms with van der Waals surface area (Å²) in [5.74, 6) is -1.58. The number of aldehydes is 1. The van der Waals surface area contributed by atoms with Crippen LogP contribution >= 0.6 is 0 Å². The van der Waals surface area contributed by atoms with Crippen LogP contribution in [0.3, 0.4) is 0 Å². The molecule has 1 unspecified atom stereocenters. The van der Waals surface area contributed by atoms with Crippen molar-refractivity contribution in [3.8, 4) is 0 Å². The average Bonchev–Trinajstić information content (AvgIpc) is 2.57. The van der Waals surface area contributed by atoms with Gasteiger partial charge in [-0.1, -0.05) is 44.2 Å². The highest BCUT2D eigenvalue weighted by Gasteiger charge is 2.26. The molecule has 1 aromatic carbocycles. The van der Waals surface area contributed by atoms with Gasteiger partial charge < -0.3 is 25.9 Å². The highest BCUT2D eigenvalue weighted by atomic mass is 16.5. The molecule has 2 atom stereocenters. The zero-order chi connectivity index (χ0) is 18.8. The summed E-state index contributed by atoms with van der Waals surface area (Å²) in [6, 6.07) is 6.67. The predicted octanol–water partition coefficient (Wildman–Crippen LogP) is 0.497. The molecule has 1 rings (SSSR count). The Kier molecular flexibility index (Phi) is 8.11. The molecule has 0 aliphatic rings. The van der Waals surface area contributed by atoms with Crippen molar-refractivity contribution < 1.29 is 23.9 Å². The number of hydrogen-bond acceptors (Lipinski definition) is 5. The van der Waals surface area contributed by atoms with Gasteiger partial charge in [-0.05, 0) is 17.9 Å². The number of primary amides is 1. The number of ether oxygens (including phenoxy) is 1. The first kappa shape index (κ1) is 20.1. The van der Waals surface area contributed by atoms with Gasteiger partial charge in [-0.15, -0.1) is 0 Å².